The van der Waals surface area contributed by atoms with Gasteiger partial charge in [-0.1, -0.05) is 35.9 Å². The highest BCUT2D eigenvalue weighted by Gasteiger charge is 2.19. The van der Waals surface area contributed by atoms with Crippen LogP contribution in [0.1, 0.15) is 23.1 Å². The number of rotatable bonds is 5. The average molecular weight is 352 g/mol. The summed E-state index contributed by atoms with van der Waals surface area (Å²) < 4.78 is 26.8. The van der Waals surface area contributed by atoms with Crippen molar-refractivity contribution in [2.45, 2.75) is 31.6 Å². The Morgan fingerprint density at radius 2 is 1.74 bits per heavy atom. The first-order valence-electron chi connectivity index (χ1n) is 7.15. The number of carbonyl (C=O) groups excluding carboxylic acids is 1. The second kappa shape index (κ2) is 7.15. The number of halogens is 1. The molecular weight excluding hydrogens is 334 g/mol. The number of hydrogen-bond donors (Lipinski definition) is 1. The lowest BCUT2D eigenvalue weighted by Crippen LogP contribution is -2.31. The van der Waals surface area contributed by atoms with E-state index in [2.05, 4.69) is 4.72 Å². The van der Waals surface area contributed by atoms with E-state index < -0.39 is 15.9 Å². The molecule has 122 valence electrons. The molecule has 0 unspecified atom stereocenters. The zero-order valence-corrected chi connectivity index (χ0v) is 14.5. The summed E-state index contributed by atoms with van der Waals surface area (Å²) in [6, 6.07) is 12.2. The summed E-state index contributed by atoms with van der Waals surface area (Å²) in [6.45, 7) is 3.51. The van der Waals surface area contributed by atoms with Crippen molar-refractivity contribution in [3.63, 3.8) is 0 Å². The average Bonchev–Trinajstić information content (AvgIpc) is 2.48. The maximum atomic E-state index is 12.3. The Bertz CT molecular complexity index is 814. The fraction of sp³-hybridized carbons (Fsp3) is 0.235. The number of hydrogen-bond acceptors (Lipinski definition) is 3. The van der Waals surface area contributed by atoms with Crippen LogP contribution in [0.3, 0.4) is 0 Å². The van der Waals surface area contributed by atoms with E-state index in [1.807, 2.05) is 18.2 Å². The van der Waals surface area contributed by atoms with Gasteiger partial charge in [-0.2, -0.15) is 0 Å². The summed E-state index contributed by atoms with van der Waals surface area (Å²) >= 11 is 5.80. The number of amides is 1. The van der Waals surface area contributed by atoms with Gasteiger partial charge in [0.15, 0.2) is 0 Å². The van der Waals surface area contributed by atoms with Crippen molar-refractivity contribution in [2.24, 2.45) is 0 Å². The molecule has 0 aliphatic carbocycles. The Morgan fingerprint density at radius 3 is 2.39 bits per heavy atom. The van der Waals surface area contributed by atoms with Crippen molar-refractivity contribution >= 4 is 27.5 Å². The fourth-order valence-corrected chi connectivity index (χ4v) is 3.63. The van der Waals surface area contributed by atoms with E-state index in [0.717, 1.165) is 11.1 Å². The highest BCUT2D eigenvalue weighted by atomic mass is 35.5. The molecule has 0 saturated heterocycles. The van der Waals surface area contributed by atoms with Gasteiger partial charge in [0, 0.05) is 11.4 Å². The standard InChI is InChI=1S/C17H18ClNO3S/c1-12-3-4-13(2)16(11-12)23(21,22)19-17(20)10-7-14-5-8-15(18)9-6-14/h3-6,8-9,11H,7,10H2,1-2H3,(H,19,20). The second-order valence-electron chi connectivity index (χ2n) is 5.42. The Morgan fingerprint density at radius 1 is 1.09 bits per heavy atom. The monoisotopic (exact) mass is 351 g/mol. The quantitative estimate of drug-likeness (QED) is 0.898. The Hall–Kier alpha value is -1.85. The van der Waals surface area contributed by atoms with Crippen LogP contribution < -0.4 is 4.72 Å². The summed E-state index contributed by atoms with van der Waals surface area (Å²) in [4.78, 5) is 12.1. The minimum Gasteiger partial charge on any atom is -0.274 e. The van der Waals surface area contributed by atoms with Gasteiger partial charge in [0.05, 0.1) is 4.90 Å². The highest BCUT2D eigenvalue weighted by molar-refractivity contribution is 7.90. The number of benzene rings is 2. The molecular formula is C17H18ClNO3S. The van der Waals surface area contributed by atoms with Crippen molar-refractivity contribution < 1.29 is 13.2 Å². The van der Waals surface area contributed by atoms with E-state index in [9.17, 15) is 13.2 Å². The molecule has 23 heavy (non-hydrogen) atoms. The van der Waals surface area contributed by atoms with E-state index in [1.165, 1.54) is 0 Å². The van der Waals surface area contributed by atoms with Crippen LogP contribution in [0.15, 0.2) is 47.4 Å². The largest absolute Gasteiger partial charge is 0.274 e. The molecule has 2 rings (SSSR count). The van der Waals surface area contributed by atoms with Crippen LogP contribution in [-0.4, -0.2) is 14.3 Å². The molecule has 2 aromatic rings. The zero-order chi connectivity index (χ0) is 17.0. The highest BCUT2D eigenvalue weighted by Crippen LogP contribution is 2.17. The zero-order valence-electron chi connectivity index (χ0n) is 13.0. The summed E-state index contributed by atoms with van der Waals surface area (Å²) in [5.41, 5.74) is 2.35. The molecule has 6 heteroatoms. The Kier molecular flexibility index (Phi) is 5.44. The van der Waals surface area contributed by atoms with Crippen molar-refractivity contribution in [1.82, 2.24) is 4.72 Å². The molecule has 4 nitrogen and oxygen atoms in total. The molecule has 0 aliphatic heterocycles. The molecule has 0 spiro atoms. The van der Waals surface area contributed by atoms with Gasteiger partial charge in [0.25, 0.3) is 10.0 Å². The number of aryl methyl sites for hydroxylation is 3. The number of carbonyl (C=O) groups is 1. The minimum absolute atomic E-state index is 0.0890. The van der Waals surface area contributed by atoms with Crippen LogP contribution in [0.5, 0.6) is 0 Å². The Balaban J connectivity index is 2.04. The lowest BCUT2D eigenvalue weighted by molar-refractivity contribution is -0.119. The van der Waals surface area contributed by atoms with Crippen LogP contribution in [0.4, 0.5) is 0 Å². The molecule has 0 aromatic heterocycles. The molecule has 0 radical (unpaired) electrons. The first-order chi connectivity index (χ1) is 10.8. The molecule has 0 fully saturated rings. The van der Waals surface area contributed by atoms with Gasteiger partial charge in [0.2, 0.25) is 5.91 Å². The third-order valence-corrected chi connectivity index (χ3v) is 5.20. The summed E-state index contributed by atoms with van der Waals surface area (Å²) in [7, 11) is -3.84. The second-order valence-corrected chi connectivity index (χ2v) is 7.51. The fourth-order valence-electron chi connectivity index (χ4n) is 2.16. The van der Waals surface area contributed by atoms with Crippen LogP contribution in [-0.2, 0) is 21.2 Å². The van der Waals surface area contributed by atoms with Gasteiger partial charge in [-0.3, -0.25) is 4.79 Å². The minimum atomic E-state index is -3.84. The van der Waals surface area contributed by atoms with Crippen LogP contribution in [0.25, 0.3) is 0 Å². The predicted octanol–water partition coefficient (Wildman–Crippen LogP) is 3.39. The van der Waals surface area contributed by atoms with E-state index >= 15 is 0 Å². The maximum Gasteiger partial charge on any atom is 0.264 e. The van der Waals surface area contributed by atoms with Gasteiger partial charge in [0.1, 0.15) is 0 Å². The summed E-state index contributed by atoms with van der Waals surface area (Å²) in [5.74, 6) is -0.527. The van der Waals surface area contributed by atoms with Crippen LogP contribution in [0, 0.1) is 13.8 Å². The predicted molar refractivity (Wildman–Crippen MR) is 91.0 cm³/mol. The third kappa shape index (κ3) is 4.81. The van der Waals surface area contributed by atoms with Gasteiger partial charge in [-0.25, -0.2) is 13.1 Å². The topological polar surface area (TPSA) is 63.2 Å². The van der Waals surface area contributed by atoms with Crippen LogP contribution >= 0.6 is 11.6 Å². The van der Waals surface area contributed by atoms with Crippen molar-refractivity contribution in [3.05, 3.63) is 64.2 Å². The summed E-state index contributed by atoms with van der Waals surface area (Å²) in [5, 5.41) is 0.621. The molecule has 2 aromatic carbocycles. The number of sulfonamides is 1. The molecule has 0 atom stereocenters. The van der Waals surface area contributed by atoms with Crippen molar-refractivity contribution in [2.75, 3.05) is 0 Å². The van der Waals surface area contributed by atoms with Gasteiger partial charge in [-0.15, -0.1) is 0 Å². The molecule has 1 N–H and O–H groups in total. The normalized spacial score (nSPS) is 11.3. The Labute approximate surface area is 141 Å². The van der Waals surface area contributed by atoms with Gasteiger partial charge >= 0.3 is 0 Å². The molecule has 0 saturated carbocycles. The van der Waals surface area contributed by atoms with E-state index in [-0.39, 0.29) is 11.3 Å². The smallest absolute Gasteiger partial charge is 0.264 e. The van der Waals surface area contributed by atoms with Gasteiger partial charge in [-0.05, 0) is 55.2 Å². The first-order valence-corrected chi connectivity index (χ1v) is 9.01. The molecule has 0 aliphatic rings. The van der Waals surface area contributed by atoms with E-state index in [4.69, 9.17) is 11.6 Å². The lowest BCUT2D eigenvalue weighted by Gasteiger charge is -2.10. The lowest BCUT2D eigenvalue weighted by atomic mass is 10.1. The van der Waals surface area contributed by atoms with E-state index in [0.29, 0.717) is 17.0 Å². The summed E-state index contributed by atoms with van der Waals surface area (Å²) in [6.07, 6.45) is 0.539. The van der Waals surface area contributed by atoms with Gasteiger partial charge < -0.3 is 0 Å². The van der Waals surface area contributed by atoms with Crippen molar-refractivity contribution in [1.29, 1.82) is 0 Å². The maximum absolute atomic E-state index is 12.3. The van der Waals surface area contributed by atoms with Crippen LogP contribution in [0.2, 0.25) is 5.02 Å². The molecule has 1 amide bonds. The number of nitrogens with one attached hydrogen (secondary N) is 1. The van der Waals surface area contributed by atoms with Crippen molar-refractivity contribution in [3.8, 4) is 0 Å². The third-order valence-electron chi connectivity index (χ3n) is 3.44. The molecule has 0 bridgehead atoms. The SMILES string of the molecule is Cc1ccc(C)c(S(=O)(=O)NC(=O)CCc2ccc(Cl)cc2)c1. The van der Waals surface area contributed by atoms with E-state index in [1.54, 1.807) is 38.1 Å². The first kappa shape index (κ1) is 17.5. The molecule has 0 heterocycles.